The van der Waals surface area contributed by atoms with Crippen molar-refractivity contribution in [2.75, 3.05) is 19.7 Å². The van der Waals surface area contributed by atoms with Gasteiger partial charge in [0.2, 0.25) is 0 Å². The van der Waals surface area contributed by atoms with E-state index in [-0.39, 0.29) is 5.41 Å². The van der Waals surface area contributed by atoms with Crippen molar-refractivity contribution < 1.29 is 4.74 Å². The summed E-state index contributed by atoms with van der Waals surface area (Å²) in [5.74, 6) is 0. The van der Waals surface area contributed by atoms with Crippen LogP contribution in [0.1, 0.15) is 57.7 Å². The lowest BCUT2D eigenvalue weighted by molar-refractivity contribution is 0.0627. The van der Waals surface area contributed by atoms with E-state index in [2.05, 4.69) is 36.1 Å². The zero-order chi connectivity index (χ0) is 14.7. The summed E-state index contributed by atoms with van der Waals surface area (Å²) < 4.78 is 8.08. The Labute approximate surface area is 128 Å². The highest BCUT2D eigenvalue weighted by molar-refractivity contribution is 5.07. The molecule has 2 unspecified atom stereocenters. The standard InChI is InChI=1S/C17H29N3O/c1-3-18-13-17(9-11-21-14(17)2)12-15-8-10-20(19-15)16-6-4-5-7-16/h8,10,14,16,18H,3-7,9,11-13H2,1-2H3. The van der Waals surface area contributed by atoms with Gasteiger partial charge in [-0.2, -0.15) is 5.10 Å². The Bertz CT molecular complexity index is 453. The lowest BCUT2D eigenvalue weighted by Gasteiger charge is -2.32. The van der Waals surface area contributed by atoms with Crippen molar-refractivity contribution >= 4 is 0 Å². The van der Waals surface area contributed by atoms with Crippen LogP contribution in [0.25, 0.3) is 0 Å². The van der Waals surface area contributed by atoms with Gasteiger partial charge in [0.25, 0.3) is 0 Å². The molecule has 1 aliphatic carbocycles. The molecular formula is C17H29N3O. The summed E-state index contributed by atoms with van der Waals surface area (Å²) in [7, 11) is 0. The van der Waals surface area contributed by atoms with Crippen LogP contribution in [0, 0.1) is 5.41 Å². The predicted molar refractivity (Wildman–Crippen MR) is 84.4 cm³/mol. The molecule has 1 saturated carbocycles. The average Bonchev–Trinajstić information content (AvgIpc) is 3.19. The maximum Gasteiger partial charge on any atom is 0.0631 e. The molecule has 4 heteroatoms. The third kappa shape index (κ3) is 3.16. The number of aromatic nitrogens is 2. The topological polar surface area (TPSA) is 39.1 Å². The molecule has 3 rings (SSSR count). The predicted octanol–water partition coefficient (Wildman–Crippen LogP) is 2.95. The first-order valence-corrected chi connectivity index (χ1v) is 8.60. The molecule has 1 aromatic rings. The average molecular weight is 291 g/mol. The van der Waals surface area contributed by atoms with Gasteiger partial charge in [-0.1, -0.05) is 19.8 Å². The molecule has 2 heterocycles. The summed E-state index contributed by atoms with van der Waals surface area (Å²) >= 11 is 0. The number of nitrogens with one attached hydrogen (secondary N) is 1. The van der Waals surface area contributed by atoms with Gasteiger partial charge in [0.1, 0.15) is 0 Å². The Hall–Kier alpha value is -0.870. The van der Waals surface area contributed by atoms with Gasteiger partial charge >= 0.3 is 0 Å². The van der Waals surface area contributed by atoms with Crippen molar-refractivity contribution in [1.82, 2.24) is 15.1 Å². The number of hydrogen-bond donors (Lipinski definition) is 1. The van der Waals surface area contributed by atoms with E-state index in [4.69, 9.17) is 9.84 Å². The van der Waals surface area contributed by atoms with Crippen molar-refractivity contribution in [2.24, 2.45) is 5.41 Å². The van der Waals surface area contributed by atoms with Crippen molar-refractivity contribution in [3.8, 4) is 0 Å². The van der Waals surface area contributed by atoms with Crippen LogP contribution in [-0.2, 0) is 11.2 Å². The van der Waals surface area contributed by atoms with Crippen LogP contribution in [-0.4, -0.2) is 35.6 Å². The smallest absolute Gasteiger partial charge is 0.0631 e. The van der Waals surface area contributed by atoms with Gasteiger partial charge in [-0.25, -0.2) is 0 Å². The zero-order valence-electron chi connectivity index (χ0n) is 13.5. The molecule has 4 nitrogen and oxygen atoms in total. The van der Waals surface area contributed by atoms with E-state index in [1.807, 2.05) is 0 Å². The first-order valence-electron chi connectivity index (χ1n) is 8.60. The molecule has 1 aromatic heterocycles. The van der Waals surface area contributed by atoms with Gasteiger partial charge < -0.3 is 10.1 Å². The molecule has 1 N–H and O–H groups in total. The lowest BCUT2D eigenvalue weighted by atomic mass is 9.77. The maximum atomic E-state index is 5.87. The summed E-state index contributed by atoms with van der Waals surface area (Å²) in [5, 5.41) is 8.41. The molecule has 1 saturated heterocycles. The molecule has 2 aliphatic rings. The van der Waals surface area contributed by atoms with Crippen molar-refractivity contribution in [3.63, 3.8) is 0 Å². The van der Waals surface area contributed by atoms with Gasteiger partial charge in [0.15, 0.2) is 0 Å². The van der Waals surface area contributed by atoms with E-state index in [0.717, 1.165) is 32.5 Å². The second-order valence-corrected chi connectivity index (χ2v) is 6.81. The monoisotopic (exact) mass is 291 g/mol. The van der Waals surface area contributed by atoms with Crippen LogP contribution in [0.2, 0.25) is 0 Å². The summed E-state index contributed by atoms with van der Waals surface area (Å²) in [5.41, 5.74) is 1.45. The van der Waals surface area contributed by atoms with E-state index < -0.39 is 0 Å². The van der Waals surface area contributed by atoms with E-state index in [1.165, 1.54) is 31.4 Å². The molecular weight excluding hydrogens is 262 g/mol. The molecule has 0 spiro atoms. The minimum Gasteiger partial charge on any atom is -0.378 e. The largest absolute Gasteiger partial charge is 0.378 e. The fourth-order valence-corrected chi connectivity index (χ4v) is 3.92. The van der Waals surface area contributed by atoms with Crippen LogP contribution >= 0.6 is 0 Å². The van der Waals surface area contributed by atoms with Gasteiger partial charge in [0.05, 0.1) is 17.8 Å². The number of ether oxygens (including phenoxy) is 1. The van der Waals surface area contributed by atoms with Crippen molar-refractivity contribution in [2.45, 2.75) is 64.5 Å². The van der Waals surface area contributed by atoms with Gasteiger partial charge in [-0.15, -0.1) is 0 Å². The Morgan fingerprint density at radius 1 is 1.43 bits per heavy atom. The minimum atomic E-state index is 0.213. The number of hydrogen-bond acceptors (Lipinski definition) is 3. The van der Waals surface area contributed by atoms with Crippen LogP contribution in [0.4, 0.5) is 0 Å². The number of nitrogens with zero attached hydrogens (tertiary/aromatic N) is 2. The van der Waals surface area contributed by atoms with Crippen LogP contribution in [0.5, 0.6) is 0 Å². The second-order valence-electron chi connectivity index (χ2n) is 6.81. The highest BCUT2D eigenvalue weighted by Crippen LogP contribution is 2.38. The fourth-order valence-electron chi connectivity index (χ4n) is 3.92. The van der Waals surface area contributed by atoms with Crippen LogP contribution in [0.15, 0.2) is 12.3 Å². The van der Waals surface area contributed by atoms with E-state index >= 15 is 0 Å². The highest BCUT2D eigenvalue weighted by Gasteiger charge is 2.41. The molecule has 2 fully saturated rings. The van der Waals surface area contributed by atoms with Crippen molar-refractivity contribution in [3.05, 3.63) is 18.0 Å². The first kappa shape index (κ1) is 15.0. The molecule has 118 valence electrons. The summed E-state index contributed by atoms with van der Waals surface area (Å²) in [6.45, 7) is 7.32. The summed E-state index contributed by atoms with van der Waals surface area (Å²) in [6, 6.07) is 2.86. The molecule has 2 atom stereocenters. The Balaban J connectivity index is 1.70. The Kier molecular flexibility index (Phi) is 4.65. The number of rotatable bonds is 6. The van der Waals surface area contributed by atoms with E-state index in [9.17, 15) is 0 Å². The molecule has 0 bridgehead atoms. The van der Waals surface area contributed by atoms with Gasteiger partial charge in [-0.3, -0.25) is 4.68 Å². The Morgan fingerprint density at radius 3 is 2.90 bits per heavy atom. The SMILES string of the molecule is CCNCC1(Cc2ccn(C3CCCC3)n2)CCOC1C. The molecule has 0 amide bonds. The van der Waals surface area contributed by atoms with E-state index in [0.29, 0.717) is 12.1 Å². The molecule has 0 radical (unpaired) electrons. The van der Waals surface area contributed by atoms with Gasteiger partial charge in [-0.05, 0) is 38.8 Å². The fraction of sp³-hybridized carbons (Fsp3) is 0.824. The lowest BCUT2D eigenvalue weighted by Crippen LogP contribution is -2.41. The quantitative estimate of drug-likeness (QED) is 0.876. The Morgan fingerprint density at radius 2 is 2.24 bits per heavy atom. The third-order valence-electron chi connectivity index (χ3n) is 5.45. The first-order chi connectivity index (χ1) is 10.2. The van der Waals surface area contributed by atoms with E-state index in [1.54, 1.807) is 0 Å². The zero-order valence-corrected chi connectivity index (χ0v) is 13.5. The minimum absolute atomic E-state index is 0.213. The second kappa shape index (κ2) is 6.49. The molecule has 1 aliphatic heterocycles. The summed E-state index contributed by atoms with van der Waals surface area (Å²) in [4.78, 5) is 0. The van der Waals surface area contributed by atoms with Crippen molar-refractivity contribution in [1.29, 1.82) is 0 Å². The van der Waals surface area contributed by atoms with Gasteiger partial charge in [0, 0.05) is 31.2 Å². The van der Waals surface area contributed by atoms with Crippen LogP contribution < -0.4 is 5.32 Å². The molecule has 21 heavy (non-hydrogen) atoms. The highest BCUT2D eigenvalue weighted by atomic mass is 16.5. The third-order valence-corrected chi connectivity index (χ3v) is 5.45. The normalized spacial score (nSPS) is 30.3. The molecule has 0 aromatic carbocycles. The van der Waals surface area contributed by atoms with Crippen LogP contribution in [0.3, 0.4) is 0 Å². The maximum absolute atomic E-state index is 5.87. The summed E-state index contributed by atoms with van der Waals surface area (Å²) in [6.07, 6.45) is 9.97.